The molecule has 0 aliphatic heterocycles. The fraction of sp³-hybridized carbons (Fsp3) is 0.944. The first kappa shape index (κ1) is 58.4. The molecule has 0 unspecified atom stereocenters. The van der Waals surface area contributed by atoms with Crippen molar-refractivity contribution in [1.29, 1.82) is 0 Å². The van der Waals surface area contributed by atoms with Gasteiger partial charge >= 0.3 is 17.9 Å². The van der Waals surface area contributed by atoms with Gasteiger partial charge in [-0.1, -0.05) is 271 Å². The lowest BCUT2D eigenvalue weighted by Gasteiger charge is -2.18. The summed E-state index contributed by atoms with van der Waals surface area (Å²) in [5.41, 5.74) is 0. The van der Waals surface area contributed by atoms with Crippen LogP contribution in [0.15, 0.2) is 0 Å². The van der Waals surface area contributed by atoms with E-state index in [0.717, 1.165) is 57.8 Å². The number of unbranched alkanes of at least 4 members (excludes halogenated alkanes) is 39. The predicted octanol–water partition coefficient (Wildman–Crippen LogP) is 17.6. The van der Waals surface area contributed by atoms with Crippen LogP contribution in [0.2, 0.25) is 0 Å². The van der Waals surface area contributed by atoms with Gasteiger partial charge in [0.25, 0.3) is 0 Å². The van der Waals surface area contributed by atoms with Crippen molar-refractivity contribution >= 4 is 17.9 Å². The molecule has 0 aromatic rings. The molecule has 6 nitrogen and oxygen atoms in total. The van der Waals surface area contributed by atoms with Crippen molar-refractivity contribution in [2.75, 3.05) is 13.2 Å². The fourth-order valence-electron chi connectivity index (χ4n) is 8.27. The number of carbonyl (C=O) groups is 3. The Labute approximate surface area is 374 Å². The van der Waals surface area contributed by atoms with Gasteiger partial charge in [-0.15, -0.1) is 0 Å². The van der Waals surface area contributed by atoms with Gasteiger partial charge in [-0.25, -0.2) is 0 Å². The third-order valence-electron chi connectivity index (χ3n) is 12.4. The van der Waals surface area contributed by atoms with Gasteiger partial charge in [-0.3, -0.25) is 14.4 Å². The molecule has 0 aromatic carbocycles. The van der Waals surface area contributed by atoms with Crippen LogP contribution in [0.4, 0.5) is 0 Å². The van der Waals surface area contributed by atoms with Crippen molar-refractivity contribution < 1.29 is 28.6 Å². The van der Waals surface area contributed by atoms with Gasteiger partial charge in [-0.05, 0) is 19.3 Å². The summed E-state index contributed by atoms with van der Waals surface area (Å²) in [6.07, 6.45) is 53.7. The maximum absolute atomic E-state index is 12.8. The Morgan fingerprint density at radius 2 is 0.450 bits per heavy atom. The zero-order valence-electron chi connectivity index (χ0n) is 40.8. The smallest absolute Gasteiger partial charge is 0.306 e. The molecule has 0 N–H and O–H groups in total. The number of hydrogen-bond acceptors (Lipinski definition) is 6. The Kier molecular flexibility index (Phi) is 48.7. The van der Waals surface area contributed by atoms with Crippen LogP contribution < -0.4 is 0 Å². The largest absolute Gasteiger partial charge is 0.462 e. The molecule has 0 heterocycles. The van der Waals surface area contributed by atoms with Crippen molar-refractivity contribution in [2.45, 2.75) is 316 Å². The van der Waals surface area contributed by atoms with E-state index in [2.05, 4.69) is 20.8 Å². The molecule has 1 atom stereocenters. The average molecular weight is 849 g/mol. The van der Waals surface area contributed by atoms with Crippen LogP contribution in [-0.4, -0.2) is 37.2 Å². The molecule has 0 aromatic heterocycles. The van der Waals surface area contributed by atoms with E-state index in [0.29, 0.717) is 19.3 Å². The first-order chi connectivity index (χ1) is 29.5. The van der Waals surface area contributed by atoms with Gasteiger partial charge in [0.05, 0.1) is 0 Å². The minimum absolute atomic E-state index is 0.0615. The maximum Gasteiger partial charge on any atom is 0.306 e. The molecule has 0 bridgehead atoms. The first-order valence-electron chi connectivity index (χ1n) is 27.0. The fourth-order valence-corrected chi connectivity index (χ4v) is 8.27. The lowest BCUT2D eigenvalue weighted by atomic mass is 10.0. The van der Waals surface area contributed by atoms with E-state index < -0.39 is 6.10 Å². The van der Waals surface area contributed by atoms with Crippen molar-refractivity contribution in [3.8, 4) is 0 Å². The molecule has 0 radical (unpaired) electrons. The monoisotopic (exact) mass is 849 g/mol. The van der Waals surface area contributed by atoms with Crippen LogP contribution in [0.1, 0.15) is 310 Å². The molecule has 356 valence electrons. The Hall–Kier alpha value is -1.59. The van der Waals surface area contributed by atoms with Gasteiger partial charge in [0.2, 0.25) is 0 Å². The molecule has 0 aliphatic carbocycles. The van der Waals surface area contributed by atoms with Gasteiger partial charge in [0, 0.05) is 19.3 Å². The minimum Gasteiger partial charge on any atom is -0.462 e. The van der Waals surface area contributed by atoms with Crippen LogP contribution in [0, 0.1) is 0 Å². The minimum atomic E-state index is -0.760. The summed E-state index contributed by atoms with van der Waals surface area (Å²) in [4.78, 5) is 38.0. The predicted molar refractivity (Wildman–Crippen MR) is 257 cm³/mol. The summed E-state index contributed by atoms with van der Waals surface area (Å²) in [5, 5.41) is 0. The van der Waals surface area contributed by atoms with E-state index in [1.165, 1.54) is 212 Å². The highest BCUT2D eigenvalue weighted by molar-refractivity contribution is 5.71. The quantitative estimate of drug-likeness (QED) is 0.0345. The molecule has 0 fully saturated rings. The van der Waals surface area contributed by atoms with Crippen LogP contribution >= 0.6 is 0 Å². The summed E-state index contributed by atoms with van der Waals surface area (Å²) in [6.45, 7) is 6.69. The second-order valence-corrected chi connectivity index (χ2v) is 18.5. The second kappa shape index (κ2) is 50.1. The topological polar surface area (TPSA) is 78.9 Å². The Morgan fingerprint density at radius 3 is 0.667 bits per heavy atom. The highest BCUT2D eigenvalue weighted by Gasteiger charge is 2.19. The van der Waals surface area contributed by atoms with Crippen LogP contribution in [0.3, 0.4) is 0 Å². The number of rotatable bonds is 50. The number of ether oxygens (including phenoxy) is 3. The zero-order valence-corrected chi connectivity index (χ0v) is 40.8. The maximum atomic E-state index is 12.8. The zero-order chi connectivity index (χ0) is 43.7. The van der Waals surface area contributed by atoms with Crippen LogP contribution in [0.5, 0.6) is 0 Å². The van der Waals surface area contributed by atoms with Crippen molar-refractivity contribution in [3.05, 3.63) is 0 Å². The molecule has 0 spiro atoms. The Morgan fingerprint density at radius 1 is 0.267 bits per heavy atom. The van der Waals surface area contributed by atoms with Crippen LogP contribution in [-0.2, 0) is 28.6 Å². The third kappa shape index (κ3) is 47.5. The second-order valence-electron chi connectivity index (χ2n) is 18.5. The van der Waals surface area contributed by atoms with Crippen LogP contribution in [0.25, 0.3) is 0 Å². The molecule has 0 aliphatic rings. The number of esters is 3. The van der Waals surface area contributed by atoms with E-state index in [9.17, 15) is 14.4 Å². The summed E-state index contributed by atoms with van der Waals surface area (Å²) in [5.74, 6) is -0.837. The van der Waals surface area contributed by atoms with E-state index in [1.54, 1.807) is 0 Å². The SMILES string of the molecule is CCCCCCCCCCCCCCCCCC(=O)O[C@H](COC(=O)CCCCCCCCCCCCCCC)COC(=O)CCCCCCCCCCCCCCCC. The van der Waals surface area contributed by atoms with Crippen molar-refractivity contribution in [2.24, 2.45) is 0 Å². The van der Waals surface area contributed by atoms with Gasteiger partial charge < -0.3 is 14.2 Å². The lowest BCUT2D eigenvalue weighted by molar-refractivity contribution is -0.167. The molecule has 60 heavy (non-hydrogen) atoms. The highest BCUT2D eigenvalue weighted by atomic mass is 16.6. The summed E-state index contributed by atoms with van der Waals surface area (Å²) < 4.78 is 16.8. The number of hydrogen-bond donors (Lipinski definition) is 0. The van der Waals surface area contributed by atoms with E-state index in [-0.39, 0.29) is 31.1 Å². The van der Waals surface area contributed by atoms with Crippen molar-refractivity contribution in [3.63, 3.8) is 0 Å². The van der Waals surface area contributed by atoms with Crippen molar-refractivity contribution in [1.82, 2.24) is 0 Å². The summed E-state index contributed by atoms with van der Waals surface area (Å²) in [6, 6.07) is 0. The molecule has 0 amide bonds. The highest BCUT2D eigenvalue weighted by Crippen LogP contribution is 2.17. The standard InChI is InChI=1S/C54H104O6/c1-4-7-10-13-16-19-22-25-27-30-33-36-39-42-45-48-54(57)60-51(49-58-52(55)46-43-40-37-34-31-28-24-21-18-15-12-9-6-3)50-59-53(56)47-44-41-38-35-32-29-26-23-20-17-14-11-8-5-2/h51H,4-50H2,1-3H3/t51-/m1/s1. The third-order valence-corrected chi connectivity index (χ3v) is 12.4. The summed E-state index contributed by atoms with van der Waals surface area (Å²) in [7, 11) is 0. The summed E-state index contributed by atoms with van der Waals surface area (Å²) >= 11 is 0. The van der Waals surface area contributed by atoms with E-state index in [1.807, 2.05) is 0 Å². The molecule has 6 heteroatoms. The molecule has 0 rings (SSSR count). The molecule has 0 saturated heterocycles. The molecular formula is C54H104O6. The van der Waals surface area contributed by atoms with E-state index in [4.69, 9.17) is 14.2 Å². The van der Waals surface area contributed by atoms with Gasteiger partial charge in [0.15, 0.2) is 6.10 Å². The first-order valence-corrected chi connectivity index (χ1v) is 27.0. The molecular weight excluding hydrogens is 745 g/mol. The lowest BCUT2D eigenvalue weighted by Crippen LogP contribution is -2.30. The molecule has 0 saturated carbocycles. The van der Waals surface area contributed by atoms with E-state index >= 15 is 0 Å². The Balaban J connectivity index is 4.30. The number of carbonyl (C=O) groups excluding carboxylic acids is 3. The normalized spacial score (nSPS) is 11.8. The van der Waals surface area contributed by atoms with Gasteiger partial charge in [0.1, 0.15) is 13.2 Å². The Bertz CT molecular complexity index is 889. The average Bonchev–Trinajstić information content (AvgIpc) is 3.24. The van der Waals surface area contributed by atoms with Gasteiger partial charge in [-0.2, -0.15) is 0 Å².